The van der Waals surface area contributed by atoms with E-state index in [4.69, 9.17) is 0 Å². The van der Waals surface area contributed by atoms with Crippen molar-refractivity contribution in [1.82, 2.24) is 0 Å². The van der Waals surface area contributed by atoms with E-state index >= 15 is 0 Å². The average molecular weight is 828 g/mol. The molecule has 0 spiro atoms. The molecule has 0 aliphatic carbocycles. The number of benzene rings is 11. The van der Waals surface area contributed by atoms with Crippen LogP contribution in [0, 0.1) is 0 Å². The lowest BCUT2D eigenvalue weighted by Crippen LogP contribution is -2.12. The van der Waals surface area contributed by atoms with E-state index in [9.17, 15) is 0 Å². The van der Waals surface area contributed by atoms with Gasteiger partial charge in [-0.3, -0.25) is 0 Å². The predicted octanol–water partition coefficient (Wildman–Crippen LogP) is 18.0. The van der Waals surface area contributed by atoms with Gasteiger partial charge in [-0.1, -0.05) is 231 Å². The summed E-state index contributed by atoms with van der Waals surface area (Å²) in [4.78, 5) is 2.45. The lowest BCUT2D eigenvalue weighted by Gasteiger charge is -2.30. The molecule has 0 aromatic heterocycles. The van der Waals surface area contributed by atoms with Crippen LogP contribution in [0.15, 0.2) is 273 Å². The molecule has 11 rings (SSSR count). The zero-order valence-corrected chi connectivity index (χ0v) is 35.9. The Kier molecular flexibility index (Phi) is 10.7. The van der Waals surface area contributed by atoms with E-state index in [0.29, 0.717) is 0 Å². The smallest absolute Gasteiger partial charge is 0.0552 e. The molecule has 0 radical (unpaired) electrons. The lowest BCUT2D eigenvalue weighted by molar-refractivity contribution is 1.28. The summed E-state index contributed by atoms with van der Waals surface area (Å²) in [5.74, 6) is 0. The van der Waals surface area contributed by atoms with Crippen molar-refractivity contribution in [2.45, 2.75) is 0 Å². The van der Waals surface area contributed by atoms with E-state index in [-0.39, 0.29) is 0 Å². The summed E-state index contributed by atoms with van der Waals surface area (Å²) in [5, 5.41) is 2.48. The first kappa shape index (κ1) is 39.3. The number of hydrogen-bond donors (Lipinski definition) is 0. The molecule has 0 unspecified atom stereocenters. The molecule has 0 saturated carbocycles. The first-order chi connectivity index (χ1) is 32.2. The van der Waals surface area contributed by atoms with Crippen molar-refractivity contribution in [3.8, 4) is 77.9 Å². The minimum Gasteiger partial charge on any atom is -0.310 e. The van der Waals surface area contributed by atoms with E-state index in [1.54, 1.807) is 0 Å². The normalized spacial score (nSPS) is 11.1. The fraction of sp³-hybridized carbons (Fsp3) is 0. The van der Waals surface area contributed by atoms with E-state index in [1.165, 1.54) is 72.0 Å². The van der Waals surface area contributed by atoms with Gasteiger partial charge in [-0.2, -0.15) is 0 Å². The van der Waals surface area contributed by atoms with Crippen LogP contribution in [0.25, 0.3) is 88.7 Å². The lowest BCUT2D eigenvalue weighted by atomic mass is 9.88. The van der Waals surface area contributed by atoms with Crippen LogP contribution in [-0.2, 0) is 0 Å². The van der Waals surface area contributed by atoms with Gasteiger partial charge >= 0.3 is 0 Å². The minimum absolute atomic E-state index is 1.07. The molecule has 0 atom stereocenters. The topological polar surface area (TPSA) is 3.24 Å². The molecule has 0 aliphatic rings. The van der Waals surface area contributed by atoms with Crippen LogP contribution in [0.4, 0.5) is 17.1 Å². The second kappa shape index (κ2) is 17.7. The molecular formula is C64H45N. The van der Waals surface area contributed by atoms with Crippen molar-refractivity contribution in [1.29, 1.82) is 0 Å². The highest BCUT2D eigenvalue weighted by Gasteiger charge is 2.23. The van der Waals surface area contributed by atoms with Gasteiger partial charge in [0.1, 0.15) is 0 Å². The molecule has 11 aromatic rings. The van der Waals surface area contributed by atoms with Gasteiger partial charge in [-0.25, -0.2) is 0 Å². The van der Waals surface area contributed by atoms with Crippen LogP contribution < -0.4 is 4.90 Å². The van der Waals surface area contributed by atoms with Gasteiger partial charge in [0.25, 0.3) is 0 Å². The summed E-state index contributed by atoms with van der Waals surface area (Å²) in [5.41, 5.74) is 19.8. The first-order valence-electron chi connectivity index (χ1n) is 22.3. The van der Waals surface area contributed by atoms with Crippen molar-refractivity contribution in [3.63, 3.8) is 0 Å². The van der Waals surface area contributed by atoms with E-state index in [2.05, 4.69) is 278 Å². The van der Waals surface area contributed by atoms with Gasteiger partial charge in [0.05, 0.1) is 5.69 Å². The van der Waals surface area contributed by atoms with E-state index in [1.807, 2.05) is 0 Å². The van der Waals surface area contributed by atoms with Crippen molar-refractivity contribution in [3.05, 3.63) is 273 Å². The molecule has 0 fully saturated rings. The summed E-state index contributed by atoms with van der Waals surface area (Å²) in [7, 11) is 0. The van der Waals surface area contributed by atoms with Crippen LogP contribution in [-0.4, -0.2) is 0 Å². The third kappa shape index (κ3) is 7.93. The summed E-state index contributed by atoms with van der Waals surface area (Å²) in [6.45, 7) is 0. The minimum atomic E-state index is 1.07. The third-order valence-electron chi connectivity index (χ3n) is 12.5. The summed E-state index contributed by atoms with van der Waals surface area (Å²) < 4.78 is 0. The highest BCUT2D eigenvalue weighted by molar-refractivity contribution is 6.00. The highest BCUT2D eigenvalue weighted by atomic mass is 15.1. The van der Waals surface area contributed by atoms with Crippen molar-refractivity contribution >= 4 is 27.8 Å². The molecular weight excluding hydrogens is 783 g/mol. The highest BCUT2D eigenvalue weighted by Crippen LogP contribution is 2.49. The van der Waals surface area contributed by atoms with Crippen LogP contribution in [0.3, 0.4) is 0 Å². The zero-order valence-electron chi connectivity index (χ0n) is 35.9. The van der Waals surface area contributed by atoms with Gasteiger partial charge in [0.2, 0.25) is 0 Å². The Morgan fingerprint density at radius 3 is 1.14 bits per heavy atom. The molecule has 1 heteroatoms. The number of rotatable bonds is 10. The van der Waals surface area contributed by atoms with Crippen molar-refractivity contribution in [2.75, 3.05) is 4.90 Å². The Morgan fingerprint density at radius 1 is 0.200 bits per heavy atom. The maximum atomic E-state index is 2.45. The first-order valence-corrected chi connectivity index (χ1v) is 22.3. The van der Waals surface area contributed by atoms with Crippen LogP contribution in [0.5, 0.6) is 0 Å². The van der Waals surface area contributed by atoms with Crippen molar-refractivity contribution < 1.29 is 0 Å². The molecule has 11 aromatic carbocycles. The Morgan fingerprint density at radius 2 is 0.585 bits per heavy atom. The summed E-state index contributed by atoms with van der Waals surface area (Å²) in [6.07, 6.45) is 0. The average Bonchev–Trinajstić information content (AvgIpc) is 3.40. The molecule has 65 heavy (non-hydrogen) atoms. The standard InChI is InChI=1S/C64H45N/c1-5-19-46(20-6-1)55-44-62(50-24-9-3-10-25-50)64(52-26-11-4-12-27-52)63(45-55)65(56-39-35-48(36-40-56)54-34-33-47-21-13-14-28-53(47)43-54)57-41-37-51(38-42-57)59-30-16-18-32-61(59)60-31-17-15-29-58(60)49-22-7-2-8-23-49/h1-45H. The van der Waals surface area contributed by atoms with E-state index < -0.39 is 0 Å². The number of anilines is 3. The van der Waals surface area contributed by atoms with Gasteiger partial charge < -0.3 is 4.90 Å². The molecule has 306 valence electrons. The van der Waals surface area contributed by atoms with Crippen LogP contribution in [0.2, 0.25) is 0 Å². The molecule has 0 N–H and O–H groups in total. The maximum Gasteiger partial charge on any atom is 0.0552 e. The SMILES string of the molecule is c1ccc(-c2cc(-c3ccccc3)c(-c3ccccc3)c(N(c3ccc(-c4ccc5ccccc5c4)cc3)c3ccc(-c4ccccc4-c4ccccc4-c4ccccc4)cc3)c2)cc1. The van der Waals surface area contributed by atoms with Gasteiger partial charge in [0.15, 0.2) is 0 Å². The second-order valence-corrected chi connectivity index (χ2v) is 16.5. The molecule has 0 bridgehead atoms. The Labute approximate surface area is 381 Å². The Balaban J connectivity index is 1.11. The van der Waals surface area contributed by atoms with Gasteiger partial charge in [-0.15, -0.1) is 0 Å². The molecule has 0 aliphatic heterocycles. The monoisotopic (exact) mass is 827 g/mol. The number of nitrogens with zero attached hydrogens (tertiary/aromatic N) is 1. The zero-order chi connectivity index (χ0) is 43.4. The largest absolute Gasteiger partial charge is 0.310 e. The summed E-state index contributed by atoms with van der Waals surface area (Å²) >= 11 is 0. The number of hydrogen-bond acceptors (Lipinski definition) is 1. The second-order valence-electron chi connectivity index (χ2n) is 16.5. The van der Waals surface area contributed by atoms with Gasteiger partial charge in [-0.05, 0) is 126 Å². The maximum absolute atomic E-state index is 2.45. The molecule has 0 amide bonds. The van der Waals surface area contributed by atoms with E-state index in [0.717, 1.165) is 33.8 Å². The Hall–Kier alpha value is -8.52. The van der Waals surface area contributed by atoms with Gasteiger partial charge in [0, 0.05) is 16.9 Å². The molecule has 0 saturated heterocycles. The molecule has 1 nitrogen and oxygen atoms in total. The van der Waals surface area contributed by atoms with Crippen molar-refractivity contribution in [2.24, 2.45) is 0 Å². The quantitative estimate of drug-likeness (QED) is 0.133. The summed E-state index contributed by atoms with van der Waals surface area (Å²) in [6, 6.07) is 99.0. The Bertz CT molecular complexity index is 3380. The predicted molar refractivity (Wildman–Crippen MR) is 277 cm³/mol. The van der Waals surface area contributed by atoms with Crippen LogP contribution >= 0.6 is 0 Å². The molecule has 0 heterocycles. The fourth-order valence-corrected chi connectivity index (χ4v) is 9.30. The fourth-order valence-electron chi connectivity index (χ4n) is 9.30. The number of fused-ring (bicyclic) bond motifs is 1. The van der Waals surface area contributed by atoms with Crippen LogP contribution in [0.1, 0.15) is 0 Å². The third-order valence-corrected chi connectivity index (χ3v) is 12.5.